The van der Waals surface area contributed by atoms with Gasteiger partial charge in [0, 0.05) is 13.1 Å². The summed E-state index contributed by atoms with van der Waals surface area (Å²) in [4.78, 5) is 11.4. The molecule has 0 saturated carbocycles. The lowest BCUT2D eigenvalue weighted by molar-refractivity contribution is -0.125. The van der Waals surface area contributed by atoms with Crippen LogP contribution in [0, 0.1) is 0 Å². The third-order valence-electron chi connectivity index (χ3n) is 2.07. The fraction of sp³-hybridized carbons (Fsp3) is 0.889. The highest BCUT2D eigenvalue weighted by molar-refractivity contribution is 5.81. The van der Waals surface area contributed by atoms with Crippen molar-refractivity contribution in [1.82, 2.24) is 10.6 Å². The van der Waals surface area contributed by atoms with Crippen LogP contribution >= 0.6 is 0 Å². The molecule has 76 valence electrons. The average molecular weight is 186 g/mol. The number of morpholine rings is 1. The zero-order valence-electron chi connectivity index (χ0n) is 8.14. The molecule has 0 bridgehead atoms. The number of hydrogen-bond acceptors (Lipinski definition) is 3. The summed E-state index contributed by atoms with van der Waals surface area (Å²) in [5.41, 5.74) is 0. The van der Waals surface area contributed by atoms with Crippen LogP contribution in [0.2, 0.25) is 0 Å². The largest absolute Gasteiger partial charge is 0.378 e. The summed E-state index contributed by atoms with van der Waals surface area (Å²) < 4.78 is 5.19. The molecule has 13 heavy (non-hydrogen) atoms. The molecule has 1 heterocycles. The number of amides is 1. The monoisotopic (exact) mass is 186 g/mol. The van der Waals surface area contributed by atoms with Crippen LogP contribution < -0.4 is 10.6 Å². The molecule has 1 saturated heterocycles. The van der Waals surface area contributed by atoms with E-state index in [9.17, 15) is 4.79 Å². The highest BCUT2D eigenvalue weighted by Crippen LogP contribution is 1.93. The summed E-state index contributed by atoms with van der Waals surface area (Å²) in [7, 11) is 0. The number of rotatable bonds is 4. The van der Waals surface area contributed by atoms with Crippen LogP contribution in [0.25, 0.3) is 0 Å². The Labute approximate surface area is 79.0 Å². The maximum Gasteiger partial charge on any atom is 0.239 e. The van der Waals surface area contributed by atoms with Gasteiger partial charge in [-0.3, -0.25) is 4.79 Å². The van der Waals surface area contributed by atoms with Gasteiger partial charge in [-0.05, 0) is 6.42 Å². The summed E-state index contributed by atoms with van der Waals surface area (Å²) >= 11 is 0. The molecule has 0 aromatic heterocycles. The van der Waals surface area contributed by atoms with Gasteiger partial charge in [-0.25, -0.2) is 0 Å². The Kier molecular flexibility index (Phi) is 4.78. The fourth-order valence-electron chi connectivity index (χ4n) is 1.25. The van der Waals surface area contributed by atoms with E-state index in [0.717, 1.165) is 25.9 Å². The Balaban J connectivity index is 2.13. The maximum atomic E-state index is 11.4. The number of carbonyl (C=O) groups is 1. The first-order valence-corrected chi connectivity index (χ1v) is 4.93. The van der Waals surface area contributed by atoms with E-state index in [4.69, 9.17) is 4.74 Å². The molecular weight excluding hydrogens is 168 g/mol. The molecule has 0 aromatic carbocycles. The minimum atomic E-state index is -0.148. The molecule has 0 radical (unpaired) electrons. The molecular formula is C9H18N2O2. The molecule has 4 nitrogen and oxygen atoms in total. The van der Waals surface area contributed by atoms with Crippen molar-refractivity contribution in [1.29, 1.82) is 0 Å². The second-order valence-electron chi connectivity index (χ2n) is 3.23. The summed E-state index contributed by atoms with van der Waals surface area (Å²) in [6.45, 7) is 4.85. The molecule has 1 aliphatic heterocycles. The Morgan fingerprint density at radius 1 is 1.69 bits per heavy atom. The van der Waals surface area contributed by atoms with Gasteiger partial charge in [-0.15, -0.1) is 0 Å². The summed E-state index contributed by atoms with van der Waals surface area (Å²) in [6, 6.07) is -0.148. The number of hydrogen-bond donors (Lipinski definition) is 2. The third kappa shape index (κ3) is 3.74. The van der Waals surface area contributed by atoms with Gasteiger partial charge in [-0.2, -0.15) is 0 Å². The van der Waals surface area contributed by atoms with Crippen molar-refractivity contribution in [2.75, 3.05) is 26.3 Å². The minimum absolute atomic E-state index is 0.0631. The predicted molar refractivity (Wildman–Crippen MR) is 50.5 cm³/mol. The van der Waals surface area contributed by atoms with Gasteiger partial charge in [0.15, 0.2) is 0 Å². The zero-order valence-corrected chi connectivity index (χ0v) is 8.14. The molecule has 4 heteroatoms. The molecule has 1 aliphatic rings. The number of carbonyl (C=O) groups excluding carboxylic acids is 1. The smallest absolute Gasteiger partial charge is 0.239 e. The molecule has 1 atom stereocenters. The minimum Gasteiger partial charge on any atom is -0.378 e. The maximum absolute atomic E-state index is 11.4. The normalized spacial score (nSPS) is 22.7. The molecule has 1 unspecified atom stereocenters. The van der Waals surface area contributed by atoms with Gasteiger partial charge < -0.3 is 15.4 Å². The number of nitrogens with one attached hydrogen (secondary N) is 2. The first kappa shape index (κ1) is 10.5. The highest BCUT2D eigenvalue weighted by Gasteiger charge is 2.19. The van der Waals surface area contributed by atoms with Gasteiger partial charge in [0.05, 0.1) is 13.2 Å². The molecule has 0 aliphatic carbocycles. The van der Waals surface area contributed by atoms with E-state index in [2.05, 4.69) is 17.6 Å². The van der Waals surface area contributed by atoms with Crippen molar-refractivity contribution >= 4 is 5.91 Å². The van der Waals surface area contributed by atoms with Gasteiger partial charge >= 0.3 is 0 Å². The topological polar surface area (TPSA) is 50.4 Å². The van der Waals surface area contributed by atoms with Crippen LogP contribution in [0.15, 0.2) is 0 Å². The first-order chi connectivity index (χ1) is 6.34. The van der Waals surface area contributed by atoms with Crippen molar-refractivity contribution in [3.8, 4) is 0 Å². The van der Waals surface area contributed by atoms with Crippen molar-refractivity contribution in [2.24, 2.45) is 0 Å². The van der Waals surface area contributed by atoms with E-state index >= 15 is 0 Å². The molecule has 1 amide bonds. The van der Waals surface area contributed by atoms with E-state index in [1.807, 2.05) is 0 Å². The van der Waals surface area contributed by atoms with E-state index in [-0.39, 0.29) is 11.9 Å². The second kappa shape index (κ2) is 5.94. The molecule has 2 N–H and O–H groups in total. The highest BCUT2D eigenvalue weighted by atomic mass is 16.5. The second-order valence-corrected chi connectivity index (χ2v) is 3.23. The predicted octanol–water partition coefficient (Wildman–Crippen LogP) is -0.109. The van der Waals surface area contributed by atoms with Crippen LogP contribution in [0.5, 0.6) is 0 Å². The number of ether oxygens (including phenoxy) is 1. The van der Waals surface area contributed by atoms with Crippen molar-refractivity contribution < 1.29 is 9.53 Å². The van der Waals surface area contributed by atoms with Gasteiger partial charge in [-0.1, -0.05) is 13.3 Å². The lowest BCUT2D eigenvalue weighted by atomic mass is 10.2. The molecule has 0 aromatic rings. The van der Waals surface area contributed by atoms with Gasteiger partial charge in [0.25, 0.3) is 0 Å². The summed E-state index contributed by atoms with van der Waals surface area (Å²) in [6.07, 6.45) is 2.15. The Hall–Kier alpha value is -0.610. The lowest BCUT2D eigenvalue weighted by Crippen LogP contribution is -2.51. The zero-order chi connectivity index (χ0) is 9.52. The third-order valence-corrected chi connectivity index (χ3v) is 2.07. The van der Waals surface area contributed by atoms with Crippen LogP contribution in [0.4, 0.5) is 0 Å². The van der Waals surface area contributed by atoms with Crippen LogP contribution in [0.3, 0.4) is 0 Å². The van der Waals surface area contributed by atoms with Crippen LogP contribution in [-0.2, 0) is 9.53 Å². The Morgan fingerprint density at radius 2 is 2.54 bits per heavy atom. The number of unbranched alkanes of at least 4 members (excludes halogenated alkanes) is 1. The van der Waals surface area contributed by atoms with Crippen LogP contribution in [0.1, 0.15) is 19.8 Å². The average Bonchev–Trinajstić information content (AvgIpc) is 2.19. The SMILES string of the molecule is CCCCNC(=O)C1COCCN1. The summed E-state index contributed by atoms with van der Waals surface area (Å²) in [5, 5.41) is 5.98. The van der Waals surface area contributed by atoms with E-state index in [1.54, 1.807) is 0 Å². The van der Waals surface area contributed by atoms with E-state index in [0.29, 0.717) is 13.2 Å². The van der Waals surface area contributed by atoms with E-state index < -0.39 is 0 Å². The lowest BCUT2D eigenvalue weighted by Gasteiger charge is -2.22. The summed E-state index contributed by atoms with van der Waals surface area (Å²) in [5.74, 6) is 0.0631. The van der Waals surface area contributed by atoms with Crippen LogP contribution in [-0.4, -0.2) is 38.3 Å². The van der Waals surface area contributed by atoms with Crippen molar-refractivity contribution in [3.63, 3.8) is 0 Å². The molecule has 1 fully saturated rings. The Morgan fingerprint density at radius 3 is 3.15 bits per heavy atom. The van der Waals surface area contributed by atoms with Gasteiger partial charge in [0.2, 0.25) is 5.91 Å². The van der Waals surface area contributed by atoms with Crippen molar-refractivity contribution in [2.45, 2.75) is 25.8 Å². The molecule has 0 spiro atoms. The first-order valence-electron chi connectivity index (χ1n) is 4.93. The molecule has 1 rings (SSSR count). The fourth-order valence-corrected chi connectivity index (χ4v) is 1.25. The van der Waals surface area contributed by atoms with E-state index in [1.165, 1.54) is 0 Å². The van der Waals surface area contributed by atoms with Crippen molar-refractivity contribution in [3.05, 3.63) is 0 Å². The van der Waals surface area contributed by atoms with Gasteiger partial charge in [0.1, 0.15) is 6.04 Å². The standard InChI is InChI=1S/C9H18N2O2/c1-2-3-4-11-9(12)8-7-13-6-5-10-8/h8,10H,2-7H2,1H3,(H,11,12). The quantitative estimate of drug-likeness (QED) is 0.602. The Bertz CT molecular complexity index is 156.